The van der Waals surface area contributed by atoms with Crippen molar-refractivity contribution >= 4 is 17.7 Å². The number of aromatic nitrogens is 4. The lowest BCUT2D eigenvalue weighted by molar-refractivity contribution is -0.138. The SMILES string of the molecule is NC(=O)/C(=C\n1nc(-c2ccc(C(F)(F)F)cc2)nc1-c1ccc(C(F)(F)F)cc1)c1ccnc(F)c1. The zero-order chi connectivity index (χ0) is 27.0. The summed E-state index contributed by atoms with van der Waals surface area (Å²) in [6.45, 7) is 0. The van der Waals surface area contributed by atoms with Gasteiger partial charge in [0.2, 0.25) is 5.95 Å². The molecule has 4 aromatic rings. The van der Waals surface area contributed by atoms with Crippen molar-refractivity contribution in [1.82, 2.24) is 19.7 Å². The minimum atomic E-state index is -4.60. The molecule has 0 aliphatic heterocycles. The van der Waals surface area contributed by atoms with Gasteiger partial charge in [-0.2, -0.15) is 30.7 Å². The number of hydrogen-bond donors (Lipinski definition) is 1. The largest absolute Gasteiger partial charge is 0.416 e. The highest BCUT2D eigenvalue weighted by molar-refractivity contribution is 6.22. The monoisotopic (exact) mass is 521 g/mol. The highest BCUT2D eigenvalue weighted by Crippen LogP contribution is 2.33. The number of rotatable bonds is 5. The lowest BCUT2D eigenvalue weighted by Gasteiger charge is -2.08. The molecule has 190 valence electrons. The number of benzene rings is 2. The summed E-state index contributed by atoms with van der Waals surface area (Å²) in [6, 6.07) is 9.95. The molecule has 2 heterocycles. The summed E-state index contributed by atoms with van der Waals surface area (Å²) in [4.78, 5) is 19.8. The molecule has 6 nitrogen and oxygen atoms in total. The van der Waals surface area contributed by atoms with Crippen molar-refractivity contribution < 1.29 is 35.5 Å². The van der Waals surface area contributed by atoms with Crippen molar-refractivity contribution in [2.45, 2.75) is 12.4 Å². The Morgan fingerprint density at radius 3 is 1.86 bits per heavy atom. The zero-order valence-corrected chi connectivity index (χ0v) is 18.3. The molecule has 0 aliphatic rings. The van der Waals surface area contributed by atoms with Gasteiger partial charge in [0.25, 0.3) is 5.91 Å². The molecule has 0 atom stereocenters. The lowest BCUT2D eigenvalue weighted by Crippen LogP contribution is -2.14. The fraction of sp³-hybridized carbons (Fsp3) is 0.0833. The summed E-state index contributed by atoms with van der Waals surface area (Å²) in [5.74, 6) is -2.05. The van der Waals surface area contributed by atoms with E-state index in [-0.39, 0.29) is 33.9 Å². The zero-order valence-electron chi connectivity index (χ0n) is 18.3. The van der Waals surface area contributed by atoms with Gasteiger partial charge in [-0.25, -0.2) is 14.6 Å². The number of halogens is 7. The van der Waals surface area contributed by atoms with Gasteiger partial charge < -0.3 is 5.73 Å². The Labute approximate surface area is 203 Å². The quantitative estimate of drug-likeness (QED) is 0.208. The molecule has 2 aromatic heterocycles. The van der Waals surface area contributed by atoms with E-state index in [9.17, 15) is 35.5 Å². The van der Waals surface area contributed by atoms with E-state index in [0.29, 0.717) is 0 Å². The number of pyridine rings is 1. The Morgan fingerprint density at radius 2 is 1.38 bits per heavy atom. The lowest BCUT2D eigenvalue weighted by atomic mass is 10.1. The molecule has 0 unspecified atom stereocenters. The normalized spacial score (nSPS) is 12.6. The van der Waals surface area contributed by atoms with Crippen LogP contribution in [0.2, 0.25) is 0 Å². The Morgan fingerprint density at radius 1 is 0.838 bits per heavy atom. The van der Waals surface area contributed by atoms with Gasteiger partial charge in [0, 0.05) is 29.6 Å². The van der Waals surface area contributed by atoms with Crippen LogP contribution >= 0.6 is 0 Å². The fourth-order valence-corrected chi connectivity index (χ4v) is 3.32. The first-order valence-electron chi connectivity index (χ1n) is 10.3. The first-order chi connectivity index (χ1) is 17.3. The maximum atomic E-state index is 13.7. The second-order valence-corrected chi connectivity index (χ2v) is 7.63. The third kappa shape index (κ3) is 5.66. The van der Waals surface area contributed by atoms with Gasteiger partial charge in [-0.3, -0.25) is 4.79 Å². The van der Waals surface area contributed by atoms with E-state index < -0.39 is 35.3 Å². The molecule has 1 amide bonds. The minimum absolute atomic E-state index is 0.0324. The molecule has 0 fully saturated rings. The average molecular weight is 521 g/mol. The van der Waals surface area contributed by atoms with Gasteiger partial charge in [0.15, 0.2) is 11.6 Å². The third-order valence-electron chi connectivity index (χ3n) is 5.13. The molecule has 4 rings (SSSR count). The summed E-state index contributed by atoms with van der Waals surface area (Å²) >= 11 is 0. The van der Waals surface area contributed by atoms with Crippen LogP contribution in [-0.4, -0.2) is 25.7 Å². The molecule has 37 heavy (non-hydrogen) atoms. The van der Waals surface area contributed by atoms with E-state index >= 15 is 0 Å². The Balaban J connectivity index is 1.87. The molecule has 0 saturated heterocycles. The van der Waals surface area contributed by atoms with Gasteiger partial charge in [-0.15, -0.1) is 5.10 Å². The van der Waals surface area contributed by atoms with Gasteiger partial charge in [0.05, 0.1) is 16.7 Å². The standard InChI is InChI=1S/C24H14F7N5O/c25-19-11-15(9-10-33-19)18(20(32)37)12-36-22(14-3-7-17(8-4-14)24(29,30)31)34-21(35-36)13-1-5-16(6-2-13)23(26,27)28/h1-12H,(H2,32,37)/b18-12-. The summed E-state index contributed by atoms with van der Waals surface area (Å²) < 4.78 is 92.5. The summed E-state index contributed by atoms with van der Waals surface area (Å²) in [6.07, 6.45) is -6.99. The predicted molar refractivity (Wildman–Crippen MR) is 118 cm³/mol. The van der Waals surface area contributed by atoms with Gasteiger partial charge in [0.1, 0.15) is 0 Å². The number of carbonyl (C=O) groups is 1. The van der Waals surface area contributed by atoms with Crippen LogP contribution in [0.15, 0.2) is 66.9 Å². The summed E-state index contributed by atoms with van der Waals surface area (Å²) in [7, 11) is 0. The number of alkyl halides is 6. The van der Waals surface area contributed by atoms with Crippen LogP contribution in [0.3, 0.4) is 0 Å². The first kappa shape index (κ1) is 25.5. The number of nitrogens with zero attached hydrogens (tertiary/aromatic N) is 4. The third-order valence-corrected chi connectivity index (χ3v) is 5.13. The average Bonchev–Trinajstić information content (AvgIpc) is 3.25. The van der Waals surface area contributed by atoms with Crippen molar-refractivity contribution in [3.8, 4) is 22.8 Å². The van der Waals surface area contributed by atoms with Crippen molar-refractivity contribution in [3.63, 3.8) is 0 Å². The Kier molecular flexibility index (Phi) is 6.55. The molecule has 0 aliphatic carbocycles. The van der Waals surface area contributed by atoms with Gasteiger partial charge in [-0.05, 0) is 35.9 Å². The maximum absolute atomic E-state index is 13.7. The number of amides is 1. The highest BCUT2D eigenvalue weighted by atomic mass is 19.4. The van der Waals surface area contributed by atoms with E-state index in [4.69, 9.17) is 5.73 Å². The number of hydrogen-bond acceptors (Lipinski definition) is 4. The van der Waals surface area contributed by atoms with Crippen LogP contribution in [0, 0.1) is 5.95 Å². The Bertz CT molecular complexity index is 1470. The fourth-order valence-electron chi connectivity index (χ4n) is 3.32. The summed E-state index contributed by atoms with van der Waals surface area (Å²) in [5, 5.41) is 4.20. The summed E-state index contributed by atoms with van der Waals surface area (Å²) in [5.41, 5.74) is 3.71. The maximum Gasteiger partial charge on any atom is 0.416 e. The van der Waals surface area contributed by atoms with Crippen molar-refractivity contribution in [1.29, 1.82) is 0 Å². The molecule has 2 N–H and O–H groups in total. The second kappa shape index (κ2) is 9.48. The topological polar surface area (TPSA) is 86.7 Å². The number of carbonyl (C=O) groups excluding carboxylic acids is 1. The van der Waals surface area contributed by atoms with Crippen LogP contribution in [-0.2, 0) is 17.1 Å². The van der Waals surface area contributed by atoms with Gasteiger partial charge in [-0.1, -0.05) is 24.3 Å². The smallest absolute Gasteiger partial charge is 0.366 e. The molecule has 0 radical (unpaired) electrons. The van der Waals surface area contributed by atoms with Crippen molar-refractivity contribution in [2.24, 2.45) is 5.73 Å². The van der Waals surface area contributed by atoms with Crippen molar-refractivity contribution in [3.05, 3.63) is 89.5 Å². The van der Waals surface area contributed by atoms with E-state index in [1.807, 2.05) is 0 Å². The molecule has 2 aromatic carbocycles. The van der Waals surface area contributed by atoms with Crippen molar-refractivity contribution in [2.75, 3.05) is 0 Å². The first-order valence-corrected chi connectivity index (χ1v) is 10.3. The Hall–Kier alpha value is -4.55. The number of primary amides is 1. The van der Waals surface area contributed by atoms with E-state index in [1.54, 1.807) is 0 Å². The molecule has 0 spiro atoms. The van der Waals surface area contributed by atoms with Crippen LogP contribution in [0.1, 0.15) is 16.7 Å². The number of nitrogens with two attached hydrogens (primary N) is 1. The molecule has 13 heteroatoms. The molecule has 0 bridgehead atoms. The van der Waals surface area contributed by atoms with Crippen LogP contribution in [0.5, 0.6) is 0 Å². The minimum Gasteiger partial charge on any atom is -0.366 e. The van der Waals surface area contributed by atoms with Crippen LogP contribution in [0.25, 0.3) is 34.5 Å². The van der Waals surface area contributed by atoms with E-state index in [1.165, 1.54) is 6.07 Å². The predicted octanol–water partition coefficient (Wildman–Crippen LogP) is 5.67. The molecular weight excluding hydrogens is 507 g/mol. The molecular formula is C24H14F7N5O. The van der Waals surface area contributed by atoms with E-state index in [2.05, 4.69) is 15.1 Å². The van der Waals surface area contributed by atoms with Crippen LogP contribution in [0.4, 0.5) is 30.7 Å². The molecule has 0 saturated carbocycles. The second-order valence-electron chi connectivity index (χ2n) is 7.63. The van der Waals surface area contributed by atoms with E-state index in [0.717, 1.165) is 71.7 Å². The van der Waals surface area contributed by atoms with Gasteiger partial charge >= 0.3 is 12.4 Å². The highest BCUT2D eigenvalue weighted by Gasteiger charge is 2.31. The van der Waals surface area contributed by atoms with Crippen LogP contribution < -0.4 is 5.73 Å².